The minimum Gasteiger partial charge on any atom is -0.488 e. The molecule has 3 aromatic rings. The number of benzene rings is 2. The molecule has 3 rings (SSSR count). The first kappa shape index (κ1) is 24.4. The molecular formula is C30H43NO. The Kier molecular flexibility index (Phi) is 6.84. The van der Waals surface area contributed by atoms with E-state index in [9.17, 15) is 0 Å². The maximum absolute atomic E-state index is 6.49. The summed E-state index contributed by atoms with van der Waals surface area (Å²) in [5.41, 5.74) is 2.95. The van der Waals surface area contributed by atoms with E-state index < -0.39 is 0 Å². The van der Waals surface area contributed by atoms with Crippen molar-refractivity contribution in [3.63, 3.8) is 0 Å². The van der Waals surface area contributed by atoms with E-state index in [-0.39, 0.29) is 11.0 Å². The Morgan fingerprint density at radius 2 is 1.41 bits per heavy atom. The average Bonchev–Trinajstić information content (AvgIpc) is 3.09. The third-order valence-corrected chi connectivity index (χ3v) is 6.43. The molecular weight excluding hydrogens is 390 g/mol. The van der Waals surface area contributed by atoms with Gasteiger partial charge in [0.1, 0.15) is 11.4 Å². The van der Waals surface area contributed by atoms with Crippen molar-refractivity contribution in [2.24, 2.45) is 10.8 Å². The average molecular weight is 434 g/mol. The third-order valence-electron chi connectivity index (χ3n) is 6.43. The molecule has 2 unspecified atom stereocenters. The van der Waals surface area contributed by atoms with E-state index in [4.69, 9.17) is 4.74 Å². The molecule has 0 aliphatic carbocycles. The summed E-state index contributed by atoms with van der Waals surface area (Å²) in [6.45, 7) is 20.7. The fourth-order valence-electron chi connectivity index (χ4n) is 4.96. The quantitative estimate of drug-likeness (QED) is 0.362. The molecule has 0 spiro atoms. The van der Waals surface area contributed by atoms with Crippen LogP contribution in [0.15, 0.2) is 60.8 Å². The third kappa shape index (κ3) is 6.18. The first-order chi connectivity index (χ1) is 14.8. The highest BCUT2D eigenvalue weighted by Crippen LogP contribution is 2.43. The minimum atomic E-state index is -0.263. The van der Waals surface area contributed by atoms with Gasteiger partial charge in [-0.2, -0.15) is 0 Å². The van der Waals surface area contributed by atoms with Crippen molar-refractivity contribution < 1.29 is 4.74 Å². The van der Waals surface area contributed by atoms with E-state index >= 15 is 0 Å². The molecule has 0 bridgehead atoms. The van der Waals surface area contributed by atoms with E-state index in [1.54, 1.807) is 0 Å². The Morgan fingerprint density at radius 3 is 2.00 bits per heavy atom. The van der Waals surface area contributed by atoms with Gasteiger partial charge in [0.05, 0.1) is 0 Å². The molecule has 0 aliphatic heterocycles. The van der Waals surface area contributed by atoms with Gasteiger partial charge < -0.3 is 9.30 Å². The summed E-state index contributed by atoms with van der Waals surface area (Å²) in [6.07, 6.45) is 4.30. The summed E-state index contributed by atoms with van der Waals surface area (Å²) in [6, 6.07) is 20.0. The van der Waals surface area contributed by atoms with Crippen molar-refractivity contribution in [1.82, 2.24) is 4.57 Å². The van der Waals surface area contributed by atoms with E-state index in [2.05, 4.69) is 128 Å². The number of aromatic nitrogens is 1. The van der Waals surface area contributed by atoms with Gasteiger partial charge in [0.2, 0.25) is 0 Å². The molecule has 174 valence electrons. The zero-order chi connectivity index (χ0) is 23.7. The van der Waals surface area contributed by atoms with Crippen molar-refractivity contribution >= 4 is 10.9 Å². The lowest BCUT2D eigenvalue weighted by atomic mass is 9.69. The van der Waals surface area contributed by atoms with Crippen molar-refractivity contribution in [3.05, 3.63) is 66.4 Å². The van der Waals surface area contributed by atoms with Crippen LogP contribution in [0.5, 0.6) is 5.75 Å². The predicted molar refractivity (Wildman–Crippen MR) is 139 cm³/mol. The van der Waals surface area contributed by atoms with Gasteiger partial charge in [0.15, 0.2) is 0 Å². The topological polar surface area (TPSA) is 14.2 Å². The van der Waals surface area contributed by atoms with Crippen LogP contribution in [0.2, 0.25) is 0 Å². The van der Waals surface area contributed by atoms with E-state index in [1.165, 1.54) is 22.9 Å². The van der Waals surface area contributed by atoms with Crippen LogP contribution in [0, 0.1) is 10.8 Å². The lowest BCUT2D eigenvalue weighted by molar-refractivity contribution is 0.0845. The largest absolute Gasteiger partial charge is 0.488 e. The van der Waals surface area contributed by atoms with Crippen LogP contribution in [0.1, 0.15) is 92.7 Å². The van der Waals surface area contributed by atoms with Gasteiger partial charge in [0.25, 0.3) is 0 Å². The standard InChI is InChI=1S/C30H43NO/c1-22(31-19-18-24-12-10-11-13-27(24)31)20-30(8,9)32-25-16-14-23(15-17-25)26(29(5,6)7)21-28(2,3)4/h10-19,22,26H,20-21H2,1-9H3. The van der Waals surface area contributed by atoms with Gasteiger partial charge in [-0.25, -0.2) is 0 Å². The van der Waals surface area contributed by atoms with Crippen molar-refractivity contribution in [2.75, 3.05) is 0 Å². The van der Waals surface area contributed by atoms with Gasteiger partial charge in [-0.15, -0.1) is 0 Å². The molecule has 2 atom stereocenters. The van der Waals surface area contributed by atoms with Crippen LogP contribution >= 0.6 is 0 Å². The first-order valence-corrected chi connectivity index (χ1v) is 12.1. The number of ether oxygens (including phenoxy) is 1. The molecule has 2 nitrogen and oxygen atoms in total. The maximum atomic E-state index is 6.49. The summed E-state index contributed by atoms with van der Waals surface area (Å²) in [5.74, 6) is 1.47. The molecule has 1 heterocycles. The summed E-state index contributed by atoms with van der Waals surface area (Å²) in [7, 11) is 0. The fourth-order valence-corrected chi connectivity index (χ4v) is 4.96. The lowest BCUT2D eigenvalue weighted by Crippen LogP contribution is -2.31. The number of rotatable bonds is 7. The second-order valence-electron chi connectivity index (χ2n) is 12.4. The normalized spacial score (nSPS) is 15.0. The second kappa shape index (κ2) is 8.96. The van der Waals surface area contributed by atoms with Crippen molar-refractivity contribution in [2.45, 2.75) is 92.7 Å². The predicted octanol–water partition coefficient (Wildman–Crippen LogP) is 9.02. The molecule has 0 saturated heterocycles. The summed E-state index contributed by atoms with van der Waals surface area (Å²) in [5, 5.41) is 1.29. The summed E-state index contributed by atoms with van der Waals surface area (Å²) < 4.78 is 8.86. The van der Waals surface area contributed by atoms with Crippen molar-refractivity contribution in [3.8, 4) is 5.75 Å². The highest BCUT2D eigenvalue weighted by Gasteiger charge is 2.30. The van der Waals surface area contributed by atoms with Crippen LogP contribution < -0.4 is 4.74 Å². The smallest absolute Gasteiger partial charge is 0.120 e. The molecule has 0 amide bonds. The highest BCUT2D eigenvalue weighted by molar-refractivity contribution is 5.80. The molecule has 0 aliphatic rings. The Balaban J connectivity index is 1.72. The van der Waals surface area contributed by atoms with E-state index in [0.717, 1.165) is 12.2 Å². The van der Waals surface area contributed by atoms with Gasteiger partial charge in [-0.3, -0.25) is 0 Å². The van der Waals surface area contributed by atoms with Gasteiger partial charge in [-0.05, 0) is 79.2 Å². The van der Waals surface area contributed by atoms with Gasteiger partial charge in [0, 0.05) is 24.2 Å². The number of para-hydroxylation sites is 1. The summed E-state index contributed by atoms with van der Waals surface area (Å²) >= 11 is 0. The van der Waals surface area contributed by atoms with Crippen LogP contribution in [0.25, 0.3) is 10.9 Å². The van der Waals surface area contributed by atoms with Gasteiger partial charge in [-0.1, -0.05) is 71.9 Å². The zero-order valence-electron chi connectivity index (χ0n) is 21.7. The highest BCUT2D eigenvalue weighted by atomic mass is 16.5. The minimum absolute atomic E-state index is 0.226. The molecule has 0 fully saturated rings. The van der Waals surface area contributed by atoms with Crippen LogP contribution in [0.3, 0.4) is 0 Å². The second-order valence-corrected chi connectivity index (χ2v) is 12.4. The number of hydrogen-bond donors (Lipinski definition) is 0. The number of hydrogen-bond acceptors (Lipinski definition) is 1. The SMILES string of the molecule is CC(CC(C)(C)Oc1ccc(C(CC(C)(C)C)C(C)(C)C)cc1)n1ccc2ccccc21. The number of nitrogens with zero attached hydrogens (tertiary/aromatic N) is 1. The van der Waals surface area contributed by atoms with Crippen LogP contribution in [0.4, 0.5) is 0 Å². The molecule has 0 radical (unpaired) electrons. The Hall–Kier alpha value is -2.22. The maximum Gasteiger partial charge on any atom is 0.120 e. The molecule has 2 aromatic carbocycles. The molecule has 32 heavy (non-hydrogen) atoms. The van der Waals surface area contributed by atoms with Gasteiger partial charge >= 0.3 is 0 Å². The molecule has 1 aromatic heterocycles. The first-order valence-electron chi connectivity index (χ1n) is 12.1. The Morgan fingerprint density at radius 1 is 0.781 bits per heavy atom. The molecule has 0 N–H and O–H groups in total. The van der Waals surface area contributed by atoms with Crippen LogP contribution in [-0.2, 0) is 0 Å². The summed E-state index contributed by atoms with van der Waals surface area (Å²) in [4.78, 5) is 0. The van der Waals surface area contributed by atoms with E-state index in [0.29, 0.717) is 17.4 Å². The number of fused-ring (bicyclic) bond motifs is 1. The van der Waals surface area contributed by atoms with Crippen LogP contribution in [-0.4, -0.2) is 10.2 Å². The monoisotopic (exact) mass is 433 g/mol. The zero-order valence-corrected chi connectivity index (χ0v) is 21.7. The van der Waals surface area contributed by atoms with Crippen molar-refractivity contribution in [1.29, 1.82) is 0 Å². The molecule has 2 heteroatoms. The Labute approximate surface area is 196 Å². The van der Waals surface area contributed by atoms with E-state index in [1.807, 2.05) is 0 Å². The fraction of sp³-hybridized carbons (Fsp3) is 0.533. The molecule has 0 saturated carbocycles. The Bertz CT molecular complexity index is 1010. The lowest BCUT2D eigenvalue weighted by Gasteiger charge is -2.36.